The minimum Gasteiger partial charge on any atom is -1.00 e. The van der Waals surface area contributed by atoms with Gasteiger partial charge in [-0.3, -0.25) is 9.59 Å². The van der Waals surface area contributed by atoms with E-state index in [1.165, 1.54) is 0 Å². The SMILES string of the molecule is CCCC(=O)OC(=O)CC.[H-].[H-].[Na+].[Na+]. The second-order valence-corrected chi connectivity index (χ2v) is 1.95. The smallest absolute Gasteiger partial charge is 1.00 e. The number of rotatable bonds is 3. The molecular formula is C7H14Na2O3. The molecule has 62 valence electrons. The summed E-state index contributed by atoms with van der Waals surface area (Å²) in [5.74, 6) is -0.868. The molecule has 0 unspecified atom stereocenters. The van der Waals surface area contributed by atoms with E-state index in [4.69, 9.17) is 0 Å². The molecule has 0 aliphatic rings. The van der Waals surface area contributed by atoms with Crippen molar-refractivity contribution in [2.45, 2.75) is 33.1 Å². The first-order valence-electron chi connectivity index (χ1n) is 3.44. The van der Waals surface area contributed by atoms with Crippen LogP contribution in [0.4, 0.5) is 0 Å². The summed E-state index contributed by atoms with van der Waals surface area (Å²) in [6.45, 7) is 3.51. The molecule has 0 aliphatic carbocycles. The molecule has 0 aromatic rings. The van der Waals surface area contributed by atoms with Gasteiger partial charge in [0.1, 0.15) is 0 Å². The molecular weight excluding hydrogens is 178 g/mol. The van der Waals surface area contributed by atoms with E-state index < -0.39 is 11.9 Å². The first-order valence-corrected chi connectivity index (χ1v) is 3.44. The molecule has 0 aromatic carbocycles. The summed E-state index contributed by atoms with van der Waals surface area (Å²) in [5, 5.41) is 0. The van der Waals surface area contributed by atoms with Gasteiger partial charge in [0, 0.05) is 12.8 Å². The molecule has 0 amide bonds. The molecule has 0 heterocycles. The van der Waals surface area contributed by atoms with Gasteiger partial charge in [-0.15, -0.1) is 0 Å². The molecule has 5 heteroatoms. The van der Waals surface area contributed by atoms with Gasteiger partial charge < -0.3 is 7.59 Å². The summed E-state index contributed by atoms with van der Waals surface area (Å²) in [4.78, 5) is 21.0. The Labute approximate surface area is 120 Å². The third-order valence-corrected chi connectivity index (χ3v) is 0.970. The van der Waals surface area contributed by atoms with Crippen molar-refractivity contribution in [1.29, 1.82) is 0 Å². The summed E-state index contributed by atoms with van der Waals surface area (Å²) in [7, 11) is 0. The summed E-state index contributed by atoms with van der Waals surface area (Å²) in [5.41, 5.74) is 0. The fourth-order valence-corrected chi connectivity index (χ4v) is 0.454. The van der Waals surface area contributed by atoms with E-state index in [0.717, 1.165) is 6.42 Å². The van der Waals surface area contributed by atoms with Crippen LogP contribution >= 0.6 is 0 Å². The molecule has 0 saturated carbocycles. The van der Waals surface area contributed by atoms with Gasteiger partial charge in [-0.05, 0) is 6.42 Å². The van der Waals surface area contributed by atoms with Crippen LogP contribution in [-0.4, -0.2) is 11.9 Å². The molecule has 0 fully saturated rings. The Morgan fingerprint density at radius 2 is 1.67 bits per heavy atom. The van der Waals surface area contributed by atoms with Gasteiger partial charge in [0.15, 0.2) is 0 Å². The van der Waals surface area contributed by atoms with Crippen molar-refractivity contribution >= 4 is 11.9 Å². The zero-order valence-electron chi connectivity index (χ0n) is 10.3. The normalized spacial score (nSPS) is 7.50. The van der Waals surface area contributed by atoms with Crippen LogP contribution in [0.5, 0.6) is 0 Å². The second-order valence-electron chi connectivity index (χ2n) is 1.95. The van der Waals surface area contributed by atoms with E-state index in [1.807, 2.05) is 6.92 Å². The van der Waals surface area contributed by atoms with E-state index in [2.05, 4.69) is 4.74 Å². The van der Waals surface area contributed by atoms with Gasteiger partial charge in [-0.1, -0.05) is 13.8 Å². The van der Waals surface area contributed by atoms with Crippen LogP contribution < -0.4 is 59.1 Å². The number of esters is 2. The van der Waals surface area contributed by atoms with Crippen molar-refractivity contribution in [2.75, 3.05) is 0 Å². The average Bonchev–Trinajstić information content (AvgIpc) is 1.88. The molecule has 0 N–H and O–H groups in total. The molecule has 0 atom stereocenters. The average molecular weight is 192 g/mol. The topological polar surface area (TPSA) is 43.4 Å². The van der Waals surface area contributed by atoms with E-state index in [-0.39, 0.29) is 68.4 Å². The Morgan fingerprint density at radius 3 is 2.00 bits per heavy atom. The minimum absolute atomic E-state index is 0. The Kier molecular flexibility index (Phi) is 19.1. The number of carbonyl (C=O) groups excluding carboxylic acids is 2. The Hall–Kier alpha value is 1.14. The summed E-state index contributed by atoms with van der Waals surface area (Å²) in [6.07, 6.45) is 1.30. The van der Waals surface area contributed by atoms with Gasteiger partial charge in [0.05, 0.1) is 0 Å². The van der Waals surface area contributed by atoms with E-state index in [1.54, 1.807) is 6.92 Å². The van der Waals surface area contributed by atoms with Crippen molar-refractivity contribution in [3.05, 3.63) is 0 Å². The van der Waals surface area contributed by atoms with Crippen LogP contribution in [0.15, 0.2) is 0 Å². The minimum atomic E-state index is -0.446. The summed E-state index contributed by atoms with van der Waals surface area (Å²) in [6, 6.07) is 0. The molecule has 12 heavy (non-hydrogen) atoms. The predicted octanol–water partition coefficient (Wildman–Crippen LogP) is -4.50. The molecule has 3 nitrogen and oxygen atoms in total. The molecule has 0 aromatic heterocycles. The van der Waals surface area contributed by atoms with Crippen molar-refractivity contribution in [1.82, 2.24) is 0 Å². The van der Waals surface area contributed by atoms with Crippen LogP contribution in [0.2, 0.25) is 0 Å². The number of ether oxygens (including phenoxy) is 1. The molecule has 0 bridgehead atoms. The van der Waals surface area contributed by atoms with E-state index >= 15 is 0 Å². The van der Waals surface area contributed by atoms with Gasteiger partial charge in [0.25, 0.3) is 0 Å². The first-order chi connectivity index (χ1) is 4.70. The van der Waals surface area contributed by atoms with Gasteiger partial charge in [-0.2, -0.15) is 0 Å². The monoisotopic (exact) mass is 192 g/mol. The van der Waals surface area contributed by atoms with Crippen LogP contribution in [0.3, 0.4) is 0 Å². The second kappa shape index (κ2) is 12.1. The summed E-state index contributed by atoms with van der Waals surface area (Å²) < 4.78 is 4.36. The van der Waals surface area contributed by atoms with Gasteiger partial charge >= 0.3 is 71.1 Å². The third kappa shape index (κ3) is 11.1. The van der Waals surface area contributed by atoms with Crippen molar-refractivity contribution in [2.24, 2.45) is 0 Å². The van der Waals surface area contributed by atoms with Crippen molar-refractivity contribution in [3.8, 4) is 0 Å². The van der Waals surface area contributed by atoms with Gasteiger partial charge in [-0.25, -0.2) is 0 Å². The van der Waals surface area contributed by atoms with Crippen LogP contribution in [0.25, 0.3) is 0 Å². The van der Waals surface area contributed by atoms with Crippen LogP contribution in [0.1, 0.15) is 36.0 Å². The van der Waals surface area contributed by atoms with Crippen molar-refractivity contribution < 1.29 is 76.3 Å². The third-order valence-electron chi connectivity index (χ3n) is 0.970. The number of hydrogen-bond donors (Lipinski definition) is 0. The number of hydrogen-bond acceptors (Lipinski definition) is 3. The maximum Gasteiger partial charge on any atom is 1.00 e. The zero-order chi connectivity index (χ0) is 7.98. The largest absolute Gasteiger partial charge is 1.00 e. The quantitative estimate of drug-likeness (QED) is 0.257. The molecule has 0 saturated heterocycles. The van der Waals surface area contributed by atoms with Crippen LogP contribution in [-0.2, 0) is 14.3 Å². The first kappa shape index (κ1) is 18.8. The maximum absolute atomic E-state index is 10.6. The molecule has 0 rings (SSSR count). The number of carbonyl (C=O) groups is 2. The molecule has 0 spiro atoms. The standard InChI is InChI=1S/C7H12O3.2Na.2H/c1-3-5-7(9)10-6(8)4-2;;;;/h3-5H2,1-2H3;;;;/q;2*+1;2*-1. The van der Waals surface area contributed by atoms with E-state index in [9.17, 15) is 9.59 Å². The Morgan fingerprint density at radius 1 is 1.17 bits per heavy atom. The predicted molar refractivity (Wildman–Crippen MR) is 38.5 cm³/mol. The maximum atomic E-state index is 10.6. The van der Waals surface area contributed by atoms with E-state index in [0.29, 0.717) is 6.42 Å². The Balaban J connectivity index is -0.0000000675. The molecule has 0 aliphatic heterocycles. The fraction of sp³-hybridized carbons (Fsp3) is 0.714. The summed E-state index contributed by atoms with van der Waals surface area (Å²) >= 11 is 0. The van der Waals surface area contributed by atoms with Crippen LogP contribution in [0, 0.1) is 0 Å². The Bertz CT molecular complexity index is 145. The molecule has 0 radical (unpaired) electrons. The fourth-order valence-electron chi connectivity index (χ4n) is 0.454. The van der Waals surface area contributed by atoms with Crippen molar-refractivity contribution in [3.63, 3.8) is 0 Å². The zero-order valence-corrected chi connectivity index (χ0v) is 12.3. The van der Waals surface area contributed by atoms with Gasteiger partial charge in [0.2, 0.25) is 0 Å².